The van der Waals surface area contributed by atoms with Gasteiger partial charge >= 0.3 is 0 Å². The molecule has 0 spiro atoms. The average molecular weight is 453 g/mol. The van der Waals surface area contributed by atoms with Crippen molar-refractivity contribution in [1.29, 1.82) is 0 Å². The van der Waals surface area contributed by atoms with Gasteiger partial charge in [0.1, 0.15) is 6.61 Å². The lowest BCUT2D eigenvalue weighted by molar-refractivity contribution is 0.144. The molecule has 9 nitrogen and oxygen atoms in total. The molecule has 2 aromatic rings. The number of hydrogen-bond acceptors (Lipinski definition) is 7. The van der Waals surface area contributed by atoms with Gasteiger partial charge in [0.25, 0.3) is 10.2 Å². The molecular formula is C21H32N4O5S. The van der Waals surface area contributed by atoms with Crippen molar-refractivity contribution in [2.24, 2.45) is 17.0 Å². The third-order valence-corrected chi connectivity index (χ3v) is 6.41. The number of benzene rings is 1. The Hall–Kier alpha value is -2.14. The molecule has 1 aliphatic rings. The van der Waals surface area contributed by atoms with Crippen molar-refractivity contribution in [3.63, 3.8) is 0 Å². The molecule has 1 aliphatic heterocycles. The summed E-state index contributed by atoms with van der Waals surface area (Å²) in [5, 5.41) is 6.07. The van der Waals surface area contributed by atoms with E-state index in [4.69, 9.17) is 19.3 Å². The van der Waals surface area contributed by atoms with Gasteiger partial charge in [0, 0.05) is 50.1 Å². The van der Waals surface area contributed by atoms with Crippen LogP contribution in [0.25, 0.3) is 10.9 Å². The Kier molecular flexibility index (Phi) is 7.93. The quantitative estimate of drug-likeness (QED) is 0.529. The molecule has 0 radical (unpaired) electrons. The zero-order chi connectivity index (χ0) is 22.4. The number of anilines is 1. The highest BCUT2D eigenvalue weighted by Crippen LogP contribution is 2.37. The molecule has 1 aromatic heterocycles. The van der Waals surface area contributed by atoms with Gasteiger partial charge in [0.05, 0.1) is 19.2 Å². The number of ether oxygens (including phenoxy) is 3. The predicted molar refractivity (Wildman–Crippen MR) is 121 cm³/mol. The molecule has 1 saturated heterocycles. The minimum absolute atomic E-state index is 0.222. The summed E-state index contributed by atoms with van der Waals surface area (Å²) in [5.41, 5.74) is 1.96. The van der Waals surface area contributed by atoms with E-state index in [1.165, 1.54) is 0 Å². The number of aromatic nitrogens is 1. The summed E-state index contributed by atoms with van der Waals surface area (Å²) in [7, 11) is -0.398. The second-order valence-corrected chi connectivity index (χ2v) is 9.27. The first kappa shape index (κ1) is 23.5. The van der Waals surface area contributed by atoms with E-state index in [1.807, 2.05) is 24.4 Å². The smallest absolute Gasteiger partial charge is 0.274 e. The summed E-state index contributed by atoms with van der Waals surface area (Å²) >= 11 is 0. The summed E-state index contributed by atoms with van der Waals surface area (Å²) < 4.78 is 41.2. The zero-order valence-electron chi connectivity index (χ0n) is 18.3. The second-order valence-electron chi connectivity index (χ2n) is 7.89. The van der Waals surface area contributed by atoms with Crippen LogP contribution in [0, 0.1) is 11.8 Å². The highest BCUT2D eigenvalue weighted by Gasteiger charge is 2.25. The maximum absolute atomic E-state index is 11.2. The van der Waals surface area contributed by atoms with E-state index in [-0.39, 0.29) is 5.92 Å². The molecule has 0 saturated carbocycles. The molecule has 1 atom stereocenters. The van der Waals surface area contributed by atoms with Crippen molar-refractivity contribution in [3.8, 4) is 11.5 Å². The fourth-order valence-electron chi connectivity index (χ4n) is 4.05. The summed E-state index contributed by atoms with van der Waals surface area (Å²) in [6.45, 7) is 5.13. The monoisotopic (exact) mass is 452 g/mol. The van der Waals surface area contributed by atoms with Gasteiger partial charge in [-0.25, -0.2) is 9.86 Å². The molecule has 3 N–H and O–H groups in total. The fourth-order valence-corrected chi connectivity index (χ4v) is 4.54. The number of rotatable bonds is 10. The fraction of sp³-hybridized carbons (Fsp3) is 0.571. The van der Waals surface area contributed by atoms with E-state index >= 15 is 0 Å². The minimum Gasteiger partial charge on any atom is -0.493 e. The van der Waals surface area contributed by atoms with E-state index in [0.29, 0.717) is 37.2 Å². The normalized spacial score (nSPS) is 16.5. The summed E-state index contributed by atoms with van der Waals surface area (Å²) in [4.78, 5) is 6.86. The van der Waals surface area contributed by atoms with Crippen LogP contribution < -0.4 is 24.2 Å². The zero-order valence-corrected chi connectivity index (χ0v) is 19.2. The van der Waals surface area contributed by atoms with Gasteiger partial charge < -0.3 is 19.1 Å². The van der Waals surface area contributed by atoms with Crippen LogP contribution in [0.4, 0.5) is 5.69 Å². The second kappa shape index (κ2) is 10.4. The number of pyridine rings is 1. The maximum Gasteiger partial charge on any atom is 0.274 e. The Morgan fingerprint density at radius 2 is 1.97 bits per heavy atom. The van der Waals surface area contributed by atoms with Gasteiger partial charge in [0.15, 0.2) is 11.5 Å². The number of nitrogens with zero attached hydrogens (tertiary/aromatic N) is 2. The van der Waals surface area contributed by atoms with Gasteiger partial charge in [0.2, 0.25) is 0 Å². The molecule has 2 heterocycles. The lowest BCUT2D eigenvalue weighted by atomic mass is 9.85. The van der Waals surface area contributed by atoms with Gasteiger partial charge in [-0.05, 0) is 36.8 Å². The third-order valence-electron chi connectivity index (χ3n) is 5.84. The van der Waals surface area contributed by atoms with Crippen LogP contribution in [-0.2, 0) is 14.9 Å². The van der Waals surface area contributed by atoms with Crippen LogP contribution in [0.1, 0.15) is 19.8 Å². The first-order valence-electron chi connectivity index (χ1n) is 10.4. The minimum atomic E-state index is -3.65. The summed E-state index contributed by atoms with van der Waals surface area (Å²) in [6, 6.07) is 5.91. The first-order chi connectivity index (χ1) is 14.8. The molecular weight excluding hydrogens is 420 g/mol. The molecule has 0 aliphatic carbocycles. The Labute approximate surface area is 184 Å². The molecule has 31 heavy (non-hydrogen) atoms. The van der Waals surface area contributed by atoms with Crippen molar-refractivity contribution >= 4 is 26.8 Å². The van der Waals surface area contributed by atoms with Crippen LogP contribution in [0.2, 0.25) is 0 Å². The van der Waals surface area contributed by atoms with Crippen molar-refractivity contribution in [1.82, 2.24) is 9.71 Å². The van der Waals surface area contributed by atoms with E-state index in [1.54, 1.807) is 14.2 Å². The van der Waals surface area contributed by atoms with Crippen LogP contribution in [0.3, 0.4) is 0 Å². The lowest BCUT2D eigenvalue weighted by Crippen LogP contribution is -2.40. The number of piperidine rings is 1. The molecule has 3 rings (SSSR count). The van der Waals surface area contributed by atoms with Gasteiger partial charge in [-0.15, -0.1) is 0 Å². The van der Waals surface area contributed by atoms with Crippen LogP contribution >= 0.6 is 0 Å². The largest absolute Gasteiger partial charge is 0.493 e. The molecule has 10 heteroatoms. The van der Waals surface area contributed by atoms with E-state index < -0.39 is 10.2 Å². The van der Waals surface area contributed by atoms with Crippen LogP contribution in [0.5, 0.6) is 11.5 Å². The van der Waals surface area contributed by atoms with Crippen molar-refractivity contribution in [2.75, 3.05) is 52.0 Å². The van der Waals surface area contributed by atoms with Crippen LogP contribution in [0.15, 0.2) is 24.4 Å². The van der Waals surface area contributed by atoms with Crippen molar-refractivity contribution in [2.45, 2.75) is 19.8 Å². The van der Waals surface area contributed by atoms with Crippen molar-refractivity contribution in [3.05, 3.63) is 24.4 Å². The van der Waals surface area contributed by atoms with E-state index in [2.05, 4.69) is 21.5 Å². The predicted octanol–water partition coefficient (Wildman–Crippen LogP) is 1.91. The Morgan fingerprint density at radius 3 is 2.61 bits per heavy atom. The van der Waals surface area contributed by atoms with Gasteiger partial charge in [-0.3, -0.25) is 4.98 Å². The molecule has 0 amide bonds. The standard InChI is InChI=1S/C21H32N4O5S/c1-15(14-24-31(22,26)27)16-5-8-25(9-6-16)19-4-7-23-18-13-20(29-3)21(12-17(18)19)30-11-10-28-2/h4,7,12-13,15-16,24H,5-6,8-11,14H2,1-3H3,(H2,22,26,27). The molecule has 1 fully saturated rings. The molecule has 0 bridgehead atoms. The highest BCUT2D eigenvalue weighted by atomic mass is 32.2. The van der Waals surface area contributed by atoms with Crippen molar-refractivity contribution < 1.29 is 22.6 Å². The van der Waals surface area contributed by atoms with Crippen LogP contribution in [-0.4, -0.2) is 60.5 Å². The number of methoxy groups -OCH3 is 2. The first-order valence-corrected chi connectivity index (χ1v) is 12.0. The third kappa shape index (κ3) is 6.19. The maximum atomic E-state index is 11.2. The molecule has 1 aromatic carbocycles. The lowest BCUT2D eigenvalue weighted by Gasteiger charge is -2.36. The van der Waals surface area contributed by atoms with Gasteiger partial charge in [-0.2, -0.15) is 8.42 Å². The topological polar surface area (TPSA) is 116 Å². The summed E-state index contributed by atoms with van der Waals surface area (Å²) in [5.74, 6) is 1.97. The molecule has 1 unspecified atom stereocenters. The Morgan fingerprint density at radius 1 is 1.23 bits per heavy atom. The van der Waals surface area contributed by atoms with Gasteiger partial charge in [-0.1, -0.05) is 6.92 Å². The SMILES string of the molecule is COCCOc1cc2c(N3CCC(C(C)CNS(N)(=O)=O)CC3)ccnc2cc1OC. The number of nitrogens with two attached hydrogens (primary N) is 1. The van der Waals surface area contributed by atoms with E-state index in [9.17, 15) is 8.42 Å². The number of fused-ring (bicyclic) bond motifs is 1. The average Bonchev–Trinajstić information content (AvgIpc) is 2.76. The number of nitrogens with one attached hydrogen (secondary N) is 1. The highest BCUT2D eigenvalue weighted by molar-refractivity contribution is 7.87. The summed E-state index contributed by atoms with van der Waals surface area (Å²) in [6.07, 6.45) is 3.77. The van der Waals surface area contributed by atoms with E-state index in [0.717, 1.165) is 42.5 Å². The Balaban J connectivity index is 1.74. The molecule has 172 valence electrons. The Bertz CT molecular complexity index is 977. The number of hydrogen-bond donors (Lipinski definition) is 2.